The van der Waals surface area contributed by atoms with Gasteiger partial charge in [-0.25, -0.2) is 0 Å². The van der Waals surface area contributed by atoms with Gasteiger partial charge in [0.1, 0.15) is 24.4 Å². The van der Waals surface area contributed by atoms with Crippen LogP contribution in [0.25, 0.3) is 0 Å². The molecule has 6 N–H and O–H groups in total. The number of carbonyl (C=O) groups excluding carboxylic acids is 1. The third-order valence-corrected chi connectivity index (χ3v) is 13.6. The summed E-state index contributed by atoms with van der Waals surface area (Å²) in [4.78, 5) is 13.1. The fourth-order valence-corrected chi connectivity index (χ4v) is 8.84. The number of unbranched alkanes of at least 4 members (excludes halogenated alkanes) is 24. The Bertz CT molecular complexity index is 1530. The molecule has 7 atom stereocenters. The second-order valence-corrected chi connectivity index (χ2v) is 20.4. The van der Waals surface area contributed by atoms with E-state index in [-0.39, 0.29) is 12.5 Å². The lowest BCUT2D eigenvalue weighted by molar-refractivity contribution is -0.302. The van der Waals surface area contributed by atoms with Crippen LogP contribution in [0.4, 0.5) is 0 Å². The SMILES string of the molecule is CC/C=C\C/C=C\C/C=C\C/C=C\C/C=C\C/C=C\CCCCCCCCCCCCC(=O)NC(COC1OC(CO)C(O)C(O)C1O)C(O)/C=C/CC/C=C/CC/C=C/CCCCCCCCCCCCCC. The second kappa shape index (κ2) is 53.3. The van der Waals surface area contributed by atoms with E-state index in [9.17, 15) is 30.3 Å². The molecule has 1 aliphatic heterocycles. The fraction of sp³-hybridized carbons (Fsp3) is 0.708. The molecule has 1 fully saturated rings. The molecule has 0 aliphatic carbocycles. The molecule has 1 amide bonds. The minimum atomic E-state index is -1.58. The van der Waals surface area contributed by atoms with E-state index < -0.39 is 49.5 Å². The summed E-state index contributed by atoms with van der Waals surface area (Å²) in [7, 11) is 0. The van der Waals surface area contributed by atoms with Crippen molar-refractivity contribution in [1.29, 1.82) is 0 Å². The van der Waals surface area contributed by atoms with Crippen LogP contribution in [0.15, 0.2) is 109 Å². The predicted molar refractivity (Wildman–Crippen MR) is 313 cm³/mol. The number of allylic oxidation sites excluding steroid dienone is 17. The Morgan fingerprint density at radius 2 is 0.851 bits per heavy atom. The van der Waals surface area contributed by atoms with Crippen molar-refractivity contribution >= 4 is 5.91 Å². The molecule has 1 saturated heterocycles. The van der Waals surface area contributed by atoms with Crippen molar-refractivity contribution in [3.63, 3.8) is 0 Å². The lowest BCUT2D eigenvalue weighted by Gasteiger charge is -2.40. The molecule has 1 rings (SSSR count). The van der Waals surface area contributed by atoms with E-state index in [0.717, 1.165) is 103 Å². The van der Waals surface area contributed by atoms with Gasteiger partial charge in [0.2, 0.25) is 5.91 Å². The summed E-state index contributed by atoms with van der Waals surface area (Å²) in [5.74, 6) is -0.199. The number of hydrogen-bond acceptors (Lipinski definition) is 8. The van der Waals surface area contributed by atoms with Crippen LogP contribution in [0.3, 0.4) is 0 Å². The fourth-order valence-electron chi connectivity index (χ4n) is 8.84. The van der Waals surface area contributed by atoms with Crippen molar-refractivity contribution in [3.8, 4) is 0 Å². The van der Waals surface area contributed by atoms with Crippen LogP contribution in [-0.4, -0.2) is 87.5 Å². The first kappa shape index (κ1) is 68.9. The summed E-state index contributed by atoms with van der Waals surface area (Å²) in [6.07, 6.45) is 71.5. The van der Waals surface area contributed by atoms with Crippen LogP contribution in [0, 0.1) is 0 Å². The first-order valence-corrected chi connectivity index (χ1v) is 30.1. The highest BCUT2D eigenvalue weighted by atomic mass is 16.7. The number of ether oxygens (including phenoxy) is 2. The Kier molecular flexibility index (Phi) is 49.6. The lowest BCUT2D eigenvalue weighted by atomic mass is 9.99. The van der Waals surface area contributed by atoms with Crippen LogP contribution in [0.5, 0.6) is 0 Å². The number of hydrogen-bond donors (Lipinski definition) is 6. The number of carbonyl (C=O) groups is 1. The topological polar surface area (TPSA) is 149 Å². The van der Waals surface area contributed by atoms with Gasteiger partial charge in [-0.1, -0.05) is 245 Å². The van der Waals surface area contributed by atoms with Crippen molar-refractivity contribution in [2.75, 3.05) is 13.2 Å². The molecular formula is C65H111NO8. The molecule has 424 valence electrons. The Labute approximate surface area is 453 Å². The summed E-state index contributed by atoms with van der Waals surface area (Å²) in [5, 5.41) is 54.5. The lowest BCUT2D eigenvalue weighted by Crippen LogP contribution is -2.60. The van der Waals surface area contributed by atoms with Gasteiger partial charge in [0.05, 0.1) is 25.4 Å². The molecule has 0 bridgehead atoms. The maximum Gasteiger partial charge on any atom is 0.220 e. The van der Waals surface area contributed by atoms with E-state index in [4.69, 9.17) is 9.47 Å². The quantitative estimate of drug-likeness (QED) is 0.0261. The third kappa shape index (κ3) is 42.0. The molecule has 9 nitrogen and oxygen atoms in total. The zero-order valence-electron chi connectivity index (χ0n) is 47.1. The van der Waals surface area contributed by atoms with Gasteiger partial charge in [0.25, 0.3) is 0 Å². The largest absolute Gasteiger partial charge is 0.394 e. The Balaban J connectivity index is 2.26. The first-order valence-electron chi connectivity index (χ1n) is 30.1. The number of aliphatic hydroxyl groups excluding tert-OH is 5. The normalized spacial score (nSPS) is 19.8. The van der Waals surface area contributed by atoms with E-state index in [1.165, 1.54) is 116 Å². The molecule has 0 saturated carbocycles. The van der Waals surface area contributed by atoms with E-state index >= 15 is 0 Å². The molecule has 0 radical (unpaired) electrons. The maximum atomic E-state index is 13.1. The molecule has 7 unspecified atom stereocenters. The zero-order chi connectivity index (χ0) is 53.6. The monoisotopic (exact) mass is 1030 g/mol. The molecule has 0 spiro atoms. The number of amides is 1. The standard InChI is InChI=1S/C65H111NO8/c1-3-5-7-9-11-13-15-17-19-21-23-25-27-28-29-30-31-32-33-35-37-39-41-43-45-47-49-51-53-55-61(69)66-58(57-73-65-64(72)63(71)62(70)60(56-67)74-65)59(68)54-52-50-48-46-44-42-40-38-36-34-26-24-22-20-18-16-14-12-10-8-6-4-2/h5,7,11,13,17,19,23,25,28-29,31-32,36,38,44,46,52,54,58-60,62-65,67-68,70-72H,3-4,6,8-10,12,14-16,18,20-22,24,26-27,30,33-35,37,39-43,45,47-51,53,55-57H2,1-2H3,(H,66,69)/b7-5-,13-11-,19-17-,25-23-,29-28-,32-31-,38-36+,46-44+,54-52+. The van der Waals surface area contributed by atoms with Gasteiger partial charge in [0.15, 0.2) is 6.29 Å². The predicted octanol–water partition coefficient (Wildman–Crippen LogP) is 15.3. The first-order chi connectivity index (χ1) is 36.3. The summed E-state index contributed by atoms with van der Waals surface area (Å²) < 4.78 is 11.3. The molecule has 0 aromatic rings. The Morgan fingerprint density at radius 1 is 0.473 bits per heavy atom. The van der Waals surface area contributed by atoms with Crippen LogP contribution in [0.2, 0.25) is 0 Å². The molecular weight excluding hydrogens is 923 g/mol. The minimum Gasteiger partial charge on any atom is -0.394 e. The van der Waals surface area contributed by atoms with E-state index in [1.54, 1.807) is 6.08 Å². The van der Waals surface area contributed by atoms with Gasteiger partial charge in [0, 0.05) is 6.42 Å². The van der Waals surface area contributed by atoms with Gasteiger partial charge in [-0.3, -0.25) is 4.79 Å². The summed E-state index contributed by atoms with van der Waals surface area (Å²) in [5.41, 5.74) is 0. The summed E-state index contributed by atoms with van der Waals surface area (Å²) in [6.45, 7) is 3.65. The smallest absolute Gasteiger partial charge is 0.220 e. The number of rotatable bonds is 50. The van der Waals surface area contributed by atoms with Crippen LogP contribution in [-0.2, 0) is 14.3 Å². The summed E-state index contributed by atoms with van der Waals surface area (Å²) in [6, 6.07) is -0.839. The van der Waals surface area contributed by atoms with Crippen molar-refractivity contribution in [1.82, 2.24) is 5.32 Å². The molecule has 0 aromatic heterocycles. The van der Waals surface area contributed by atoms with Gasteiger partial charge in [-0.15, -0.1) is 0 Å². The highest BCUT2D eigenvalue weighted by Gasteiger charge is 2.44. The van der Waals surface area contributed by atoms with Crippen molar-refractivity contribution in [2.45, 2.75) is 281 Å². The second-order valence-electron chi connectivity index (χ2n) is 20.4. The van der Waals surface area contributed by atoms with Gasteiger partial charge < -0.3 is 40.3 Å². The van der Waals surface area contributed by atoms with Crippen LogP contribution >= 0.6 is 0 Å². The molecule has 9 heteroatoms. The average Bonchev–Trinajstić information content (AvgIpc) is 3.40. The van der Waals surface area contributed by atoms with Gasteiger partial charge in [-0.2, -0.15) is 0 Å². The zero-order valence-corrected chi connectivity index (χ0v) is 47.1. The van der Waals surface area contributed by atoms with Crippen LogP contribution < -0.4 is 5.32 Å². The minimum absolute atomic E-state index is 0.199. The molecule has 0 aromatic carbocycles. The highest BCUT2D eigenvalue weighted by Crippen LogP contribution is 2.23. The van der Waals surface area contributed by atoms with E-state index in [2.05, 4.69) is 116 Å². The number of nitrogens with one attached hydrogen (secondary N) is 1. The Hall–Kier alpha value is -3.15. The van der Waals surface area contributed by atoms with Crippen molar-refractivity contribution < 1.29 is 39.8 Å². The van der Waals surface area contributed by atoms with Crippen molar-refractivity contribution in [3.05, 3.63) is 109 Å². The highest BCUT2D eigenvalue weighted by molar-refractivity contribution is 5.76. The third-order valence-electron chi connectivity index (χ3n) is 13.6. The van der Waals surface area contributed by atoms with Gasteiger partial charge >= 0.3 is 0 Å². The molecule has 1 aliphatic rings. The number of aliphatic hydroxyl groups is 5. The summed E-state index contributed by atoms with van der Waals surface area (Å²) >= 11 is 0. The van der Waals surface area contributed by atoms with Crippen molar-refractivity contribution in [2.24, 2.45) is 0 Å². The molecule has 1 heterocycles. The van der Waals surface area contributed by atoms with E-state index in [1.807, 2.05) is 6.08 Å². The molecule has 74 heavy (non-hydrogen) atoms. The van der Waals surface area contributed by atoms with E-state index in [0.29, 0.717) is 6.42 Å². The van der Waals surface area contributed by atoms with Gasteiger partial charge in [-0.05, 0) is 96.3 Å². The Morgan fingerprint density at radius 3 is 1.30 bits per heavy atom. The van der Waals surface area contributed by atoms with Crippen LogP contribution in [0.1, 0.15) is 239 Å². The maximum absolute atomic E-state index is 13.1. The average molecular weight is 1030 g/mol.